The quantitative estimate of drug-likeness (QED) is 0.720. The Balaban J connectivity index is 1.77. The third-order valence-corrected chi connectivity index (χ3v) is 3.38. The van der Waals surface area contributed by atoms with E-state index in [1.165, 1.54) is 18.2 Å². The fourth-order valence-corrected chi connectivity index (χ4v) is 2.21. The van der Waals surface area contributed by atoms with Gasteiger partial charge in [-0.25, -0.2) is 9.37 Å². The molecule has 0 bridgehead atoms. The molecule has 0 unspecified atom stereocenters. The molecular weight excluding hydrogens is 291 g/mol. The van der Waals surface area contributed by atoms with Gasteiger partial charge in [0.05, 0.1) is 11.6 Å². The second-order valence-electron chi connectivity index (χ2n) is 4.96. The van der Waals surface area contributed by atoms with Crippen LogP contribution in [0.25, 0.3) is 11.1 Å². The van der Waals surface area contributed by atoms with E-state index in [-0.39, 0.29) is 5.82 Å². The Hall–Kier alpha value is -3.19. The van der Waals surface area contributed by atoms with Crippen LogP contribution in [-0.4, -0.2) is 4.98 Å². The third-order valence-electron chi connectivity index (χ3n) is 3.38. The minimum atomic E-state index is -0.386. The number of ether oxygens (including phenoxy) is 1. The van der Waals surface area contributed by atoms with Crippen molar-refractivity contribution in [3.8, 4) is 23.1 Å². The molecule has 1 aromatic heterocycles. The van der Waals surface area contributed by atoms with Crippen LogP contribution in [0.2, 0.25) is 0 Å². The molecule has 0 aliphatic rings. The molecule has 0 aliphatic carbocycles. The van der Waals surface area contributed by atoms with E-state index in [0.717, 1.165) is 5.56 Å². The highest BCUT2D eigenvalue weighted by atomic mass is 19.1. The van der Waals surface area contributed by atoms with Gasteiger partial charge in [-0.1, -0.05) is 30.3 Å². The minimum Gasteiger partial charge on any atom is -0.473 e. The molecule has 0 N–H and O–H groups in total. The lowest BCUT2D eigenvalue weighted by molar-refractivity contribution is 0.294. The number of nitriles is 1. The Morgan fingerprint density at radius 3 is 2.57 bits per heavy atom. The zero-order valence-electron chi connectivity index (χ0n) is 12.2. The summed E-state index contributed by atoms with van der Waals surface area (Å²) in [6.45, 7) is 0.427. The van der Waals surface area contributed by atoms with E-state index in [0.29, 0.717) is 29.2 Å². The van der Waals surface area contributed by atoms with Crippen LogP contribution in [0.4, 0.5) is 4.39 Å². The van der Waals surface area contributed by atoms with Gasteiger partial charge in [0.1, 0.15) is 12.4 Å². The molecule has 0 spiro atoms. The third kappa shape index (κ3) is 3.53. The maximum Gasteiger partial charge on any atom is 0.213 e. The first kappa shape index (κ1) is 14.7. The van der Waals surface area contributed by atoms with Gasteiger partial charge in [-0.3, -0.25) is 0 Å². The average molecular weight is 304 g/mol. The molecule has 1 heterocycles. The van der Waals surface area contributed by atoms with E-state index < -0.39 is 0 Å². The Morgan fingerprint density at radius 2 is 1.87 bits per heavy atom. The zero-order chi connectivity index (χ0) is 16.1. The van der Waals surface area contributed by atoms with Gasteiger partial charge in [0.15, 0.2) is 0 Å². The summed E-state index contributed by atoms with van der Waals surface area (Å²) in [5, 5.41) is 9.12. The molecule has 0 saturated heterocycles. The summed E-state index contributed by atoms with van der Waals surface area (Å²) in [6, 6.07) is 19.4. The largest absolute Gasteiger partial charge is 0.473 e. The van der Waals surface area contributed by atoms with Crippen molar-refractivity contribution in [3.05, 3.63) is 83.8 Å². The van der Waals surface area contributed by atoms with E-state index in [2.05, 4.69) is 11.1 Å². The van der Waals surface area contributed by atoms with Crippen molar-refractivity contribution in [2.24, 2.45) is 0 Å². The number of aromatic nitrogens is 1. The van der Waals surface area contributed by atoms with E-state index in [4.69, 9.17) is 10.00 Å². The molecule has 2 aromatic carbocycles. The fraction of sp³-hybridized carbons (Fsp3) is 0.0526. The van der Waals surface area contributed by atoms with Crippen molar-refractivity contribution in [2.45, 2.75) is 6.61 Å². The molecule has 0 saturated carbocycles. The summed E-state index contributed by atoms with van der Waals surface area (Å²) < 4.78 is 19.0. The van der Waals surface area contributed by atoms with Crippen LogP contribution in [-0.2, 0) is 6.61 Å². The number of benzene rings is 2. The highest BCUT2D eigenvalue weighted by Gasteiger charge is 2.07. The van der Waals surface area contributed by atoms with Crippen LogP contribution < -0.4 is 4.74 Å². The highest BCUT2D eigenvalue weighted by Crippen LogP contribution is 2.25. The van der Waals surface area contributed by atoms with Gasteiger partial charge >= 0.3 is 0 Å². The highest BCUT2D eigenvalue weighted by molar-refractivity contribution is 5.70. The van der Waals surface area contributed by atoms with Gasteiger partial charge < -0.3 is 4.74 Å². The van der Waals surface area contributed by atoms with Crippen LogP contribution in [0, 0.1) is 17.1 Å². The van der Waals surface area contributed by atoms with Gasteiger partial charge in [-0.15, -0.1) is 0 Å². The number of hydrogen-bond donors (Lipinski definition) is 0. The monoisotopic (exact) mass is 304 g/mol. The van der Waals surface area contributed by atoms with Crippen molar-refractivity contribution in [1.29, 1.82) is 5.26 Å². The molecule has 0 radical (unpaired) electrons. The first-order chi connectivity index (χ1) is 11.3. The molecule has 0 fully saturated rings. The Labute approximate surface area is 133 Å². The summed E-state index contributed by atoms with van der Waals surface area (Å²) in [5.41, 5.74) is 2.66. The lowest BCUT2D eigenvalue weighted by Gasteiger charge is -2.07. The number of pyridine rings is 1. The molecule has 0 aliphatic heterocycles. The van der Waals surface area contributed by atoms with Crippen molar-refractivity contribution >= 4 is 0 Å². The predicted molar refractivity (Wildman–Crippen MR) is 85.1 cm³/mol. The van der Waals surface area contributed by atoms with Crippen molar-refractivity contribution in [1.82, 2.24) is 4.98 Å². The molecular formula is C19H13FN2O. The van der Waals surface area contributed by atoms with Crippen molar-refractivity contribution < 1.29 is 9.13 Å². The standard InChI is InChI=1S/C19H13FN2O/c20-17-8-6-15(11-21)18(10-17)16-7-9-19(22-12-16)23-13-14-4-2-1-3-5-14/h1-10,12H,13H2. The maximum atomic E-state index is 13.4. The second kappa shape index (κ2) is 6.71. The Bertz CT molecular complexity index is 839. The number of halogens is 1. The molecule has 3 rings (SSSR count). The summed E-state index contributed by atoms with van der Waals surface area (Å²) in [6.07, 6.45) is 1.58. The smallest absolute Gasteiger partial charge is 0.213 e. The molecule has 3 aromatic rings. The van der Waals surface area contributed by atoms with Crippen molar-refractivity contribution in [2.75, 3.05) is 0 Å². The first-order valence-corrected chi connectivity index (χ1v) is 7.09. The van der Waals surface area contributed by atoms with Gasteiger partial charge in [0.25, 0.3) is 0 Å². The Kier molecular flexibility index (Phi) is 4.30. The van der Waals surface area contributed by atoms with E-state index in [1.54, 1.807) is 18.3 Å². The number of rotatable bonds is 4. The Morgan fingerprint density at radius 1 is 1.04 bits per heavy atom. The van der Waals surface area contributed by atoms with Crippen LogP contribution >= 0.6 is 0 Å². The molecule has 0 amide bonds. The van der Waals surface area contributed by atoms with Crippen LogP contribution in [0.1, 0.15) is 11.1 Å². The zero-order valence-corrected chi connectivity index (χ0v) is 12.2. The number of nitrogens with zero attached hydrogens (tertiary/aromatic N) is 2. The molecule has 112 valence electrons. The number of hydrogen-bond acceptors (Lipinski definition) is 3. The summed E-state index contributed by atoms with van der Waals surface area (Å²) in [5.74, 6) is 0.0934. The van der Waals surface area contributed by atoms with E-state index in [1.807, 2.05) is 30.3 Å². The van der Waals surface area contributed by atoms with Gasteiger partial charge in [-0.2, -0.15) is 5.26 Å². The SMILES string of the molecule is N#Cc1ccc(F)cc1-c1ccc(OCc2ccccc2)nc1. The topological polar surface area (TPSA) is 45.9 Å². The van der Waals surface area contributed by atoms with Crippen LogP contribution in [0.3, 0.4) is 0 Å². The van der Waals surface area contributed by atoms with Crippen LogP contribution in [0.15, 0.2) is 66.9 Å². The normalized spacial score (nSPS) is 10.1. The van der Waals surface area contributed by atoms with E-state index in [9.17, 15) is 4.39 Å². The summed E-state index contributed by atoms with van der Waals surface area (Å²) >= 11 is 0. The minimum absolute atomic E-state index is 0.386. The molecule has 3 nitrogen and oxygen atoms in total. The summed E-state index contributed by atoms with van der Waals surface area (Å²) in [4.78, 5) is 4.22. The maximum absolute atomic E-state index is 13.4. The first-order valence-electron chi connectivity index (χ1n) is 7.09. The molecule has 0 atom stereocenters. The van der Waals surface area contributed by atoms with Gasteiger partial charge in [-0.05, 0) is 29.8 Å². The fourth-order valence-electron chi connectivity index (χ4n) is 2.21. The second-order valence-corrected chi connectivity index (χ2v) is 4.96. The van der Waals surface area contributed by atoms with Gasteiger partial charge in [0, 0.05) is 23.4 Å². The predicted octanol–water partition coefficient (Wildman–Crippen LogP) is 4.34. The van der Waals surface area contributed by atoms with Gasteiger partial charge in [0.2, 0.25) is 5.88 Å². The van der Waals surface area contributed by atoms with Crippen LogP contribution in [0.5, 0.6) is 5.88 Å². The average Bonchev–Trinajstić information content (AvgIpc) is 2.61. The van der Waals surface area contributed by atoms with E-state index >= 15 is 0 Å². The molecule has 4 heteroatoms. The van der Waals surface area contributed by atoms with Crippen molar-refractivity contribution in [3.63, 3.8) is 0 Å². The molecule has 23 heavy (non-hydrogen) atoms. The summed E-state index contributed by atoms with van der Waals surface area (Å²) in [7, 11) is 0. The lowest BCUT2D eigenvalue weighted by Crippen LogP contribution is -1.97. The lowest BCUT2D eigenvalue weighted by atomic mass is 10.0.